The predicted molar refractivity (Wildman–Crippen MR) is 84.7 cm³/mol. The lowest BCUT2D eigenvalue weighted by molar-refractivity contribution is -0.137. The van der Waals surface area contributed by atoms with Gasteiger partial charge in [0.05, 0.1) is 24.6 Å². The molecule has 1 aliphatic carbocycles. The Morgan fingerprint density at radius 1 is 1.23 bits per heavy atom. The fraction of sp³-hybridized carbons (Fsp3) is 0.444. The first-order valence-corrected chi connectivity index (χ1v) is 8.15. The largest absolute Gasteiger partial charge is 0.416 e. The molecule has 0 saturated heterocycles. The molecule has 0 amide bonds. The van der Waals surface area contributed by atoms with E-state index in [1.807, 2.05) is 6.07 Å². The quantitative estimate of drug-likeness (QED) is 0.793. The van der Waals surface area contributed by atoms with Crippen LogP contribution in [-0.4, -0.2) is 25.9 Å². The molecule has 3 rings (SSSR count). The van der Waals surface area contributed by atoms with E-state index in [0.717, 1.165) is 12.1 Å². The van der Waals surface area contributed by atoms with Crippen LogP contribution < -0.4 is 0 Å². The third-order valence-electron chi connectivity index (χ3n) is 4.89. The maximum Gasteiger partial charge on any atom is 0.416 e. The Kier molecular flexibility index (Phi) is 4.53. The summed E-state index contributed by atoms with van der Waals surface area (Å²) in [5, 5.41) is 20.0. The number of alkyl halides is 4. The lowest BCUT2D eigenvalue weighted by Crippen LogP contribution is -2.46. The van der Waals surface area contributed by atoms with Gasteiger partial charge in [0.2, 0.25) is 0 Å². The molecule has 0 spiro atoms. The van der Waals surface area contributed by atoms with Crippen LogP contribution in [-0.2, 0) is 19.1 Å². The van der Waals surface area contributed by atoms with Crippen molar-refractivity contribution in [2.24, 2.45) is 0 Å². The topological polar surface area (TPSA) is 61.8 Å². The smallest absolute Gasteiger partial charge is 0.385 e. The standard InChI is InChI=1S/C18H17F4N3O/c19-16(7-8-16)17(26,11-25-12-24-10-15(25)9-23)6-5-13-1-3-14(4-2-13)18(20,21)22/h1-4,10,12,26H,5-8,11H2. The average molecular weight is 367 g/mol. The van der Waals surface area contributed by atoms with Crippen LogP contribution in [0.3, 0.4) is 0 Å². The summed E-state index contributed by atoms with van der Waals surface area (Å²) >= 11 is 0. The van der Waals surface area contributed by atoms with Crippen molar-refractivity contribution in [2.75, 3.05) is 0 Å². The maximum atomic E-state index is 14.8. The number of nitriles is 1. The third-order valence-corrected chi connectivity index (χ3v) is 4.89. The Morgan fingerprint density at radius 3 is 2.42 bits per heavy atom. The normalized spacial score (nSPS) is 18.2. The summed E-state index contributed by atoms with van der Waals surface area (Å²) in [5.74, 6) is 0. The van der Waals surface area contributed by atoms with Crippen molar-refractivity contribution in [1.29, 1.82) is 5.26 Å². The molecule has 1 unspecified atom stereocenters. The molecule has 4 nitrogen and oxygen atoms in total. The van der Waals surface area contributed by atoms with Crippen molar-refractivity contribution in [3.8, 4) is 6.07 Å². The van der Waals surface area contributed by atoms with E-state index in [1.165, 1.54) is 29.2 Å². The van der Waals surface area contributed by atoms with Gasteiger partial charge in [0.1, 0.15) is 23.0 Å². The van der Waals surface area contributed by atoms with Crippen LogP contribution in [0.4, 0.5) is 17.6 Å². The fourth-order valence-electron chi connectivity index (χ4n) is 3.05. The Hall–Kier alpha value is -2.40. The van der Waals surface area contributed by atoms with E-state index in [1.54, 1.807) is 0 Å². The number of nitrogens with zero attached hydrogens (tertiary/aromatic N) is 3. The summed E-state index contributed by atoms with van der Waals surface area (Å²) in [6.45, 7) is -0.132. The molecule has 26 heavy (non-hydrogen) atoms. The van der Waals surface area contributed by atoms with E-state index >= 15 is 0 Å². The van der Waals surface area contributed by atoms with Gasteiger partial charge in [-0.15, -0.1) is 0 Å². The van der Waals surface area contributed by atoms with Crippen LogP contribution in [0.15, 0.2) is 36.8 Å². The van der Waals surface area contributed by atoms with Gasteiger partial charge in [0.25, 0.3) is 0 Å². The highest BCUT2D eigenvalue weighted by molar-refractivity contribution is 5.25. The summed E-state index contributed by atoms with van der Waals surface area (Å²) in [7, 11) is 0. The third kappa shape index (κ3) is 3.58. The zero-order chi connectivity index (χ0) is 19.0. The molecule has 1 heterocycles. The minimum atomic E-state index is -4.41. The van der Waals surface area contributed by atoms with Gasteiger partial charge < -0.3 is 9.67 Å². The zero-order valence-electron chi connectivity index (χ0n) is 13.8. The van der Waals surface area contributed by atoms with E-state index in [0.29, 0.717) is 5.56 Å². The van der Waals surface area contributed by atoms with Gasteiger partial charge in [-0.1, -0.05) is 12.1 Å². The van der Waals surface area contributed by atoms with Crippen LogP contribution >= 0.6 is 0 Å². The van der Waals surface area contributed by atoms with Crippen molar-refractivity contribution < 1.29 is 22.7 Å². The van der Waals surface area contributed by atoms with E-state index < -0.39 is 23.0 Å². The van der Waals surface area contributed by atoms with Crippen LogP contribution in [0.2, 0.25) is 0 Å². The van der Waals surface area contributed by atoms with Gasteiger partial charge >= 0.3 is 6.18 Å². The summed E-state index contributed by atoms with van der Waals surface area (Å²) < 4.78 is 54.0. The number of aliphatic hydroxyl groups is 1. The molecule has 1 aromatic carbocycles. The first-order chi connectivity index (χ1) is 12.2. The summed E-state index contributed by atoms with van der Waals surface area (Å²) in [4.78, 5) is 3.83. The lowest BCUT2D eigenvalue weighted by atomic mass is 9.88. The van der Waals surface area contributed by atoms with Gasteiger partial charge in [-0.3, -0.25) is 0 Å². The van der Waals surface area contributed by atoms with Crippen molar-refractivity contribution in [3.63, 3.8) is 0 Å². The molecule has 1 aliphatic rings. The van der Waals surface area contributed by atoms with E-state index in [2.05, 4.69) is 4.98 Å². The molecule has 8 heteroatoms. The zero-order valence-corrected chi connectivity index (χ0v) is 13.8. The minimum Gasteiger partial charge on any atom is -0.385 e. The second kappa shape index (κ2) is 6.40. The van der Waals surface area contributed by atoms with Crippen molar-refractivity contribution in [1.82, 2.24) is 9.55 Å². The first-order valence-electron chi connectivity index (χ1n) is 8.15. The van der Waals surface area contributed by atoms with Gasteiger partial charge in [0.15, 0.2) is 0 Å². The first kappa shape index (κ1) is 18.4. The van der Waals surface area contributed by atoms with Gasteiger partial charge in [-0.05, 0) is 43.4 Å². The number of benzene rings is 1. The highest BCUT2D eigenvalue weighted by Crippen LogP contribution is 2.51. The Morgan fingerprint density at radius 2 is 1.88 bits per heavy atom. The van der Waals surface area contributed by atoms with E-state index in [9.17, 15) is 22.7 Å². The fourth-order valence-corrected chi connectivity index (χ4v) is 3.05. The van der Waals surface area contributed by atoms with Crippen molar-refractivity contribution in [2.45, 2.75) is 49.7 Å². The average Bonchev–Trinajstić information content (AvgIpc) is 3.20. The number of hydrogen-bond acceptors (Lipinski definition) is 3. The summed E-state index contributed by atoms with van der Waals surface area (Å²) in [6.07, 6.45) is -1.05. The second-order valence-corrected chi connectivity index (χ2v) is 6.71. The Balaban J connectivity index is 1.75. The van der Waals surface area contributed by atoms with E-state index in [-0.39, 0.29) is 37.9 Å². The predicted octanol–water partition coefficient (Wildman–Crippen LogP) is 3.64. The molecule has 1 N–H and O–H groups in total. The molecule has 1 atom stereocenters. The van der Waals surface area contributed by atoms with Crippen LogP contribution in [0.5, 0.6) is 0 Å². The lowest BCUT2D eigenvalue weighted by Gasteiger charge is -2.32. The van der Waals surface area contributed by atoms with Gasteiger partial charge in [0, 0.05) is 0 Å². The van der Waals surface area contributed by atoms with Crippen LogP contribution in [0.25, 0.3) is 0 Å². The number of aryl methyl sites for hydroxylation is 1. The molecule has 0 bridgehead atoms. The molecular formula is C18H17F4N3O. The Bertz CT molecular complexity index is 818. The SMILES string of the molecule is N#Cc1cncn1CC(O)(CCc1ccc(C(F)(F)F)cc1)C1(F)CC1. The highest BCUT2D eigenvalue weighted by Gasteiger charge is 2.59. The molecule has 0 aliphatic heterocycles. The Labute approximate surface area is 147 Å². The molecule has 138 valence electrons. The monoisotopic (exact) mass is 367 g/mol. The van der Waals surface area contributed by atoms with Gasteiger partial charge in [-0.25, -0.2) is 9.37 Å². The molecule has 0 radical (unpaired) electrons. The molecule has 1 aromatic heterocycles. The number of imidazole rings is 1. The minimum absolute atomic E-state index is 0.0257. The second-order valence-electron chi connectivity index (χ2n) is 6.71. The molecule has 1 saturated carbocycles. The summed E-state index contributed by atoms with van der Waals surface area (Å²) in [5.41, 5.74) is -3.44. The maximum absolute atomic E-state index is 14.8. The van der Waals surface area contributed by atoms with Crippen molar-refractivity contribution in [3.05, 3.63) is 53.6 Å². The molecule has 2 aromatic rings. The number of rotatable bonds is 6. The molecular weight excluding hydrogens is 350 g/mol. The number of hydrogen-bond donors (Lipinski definition) is 1. The van der Waals surface area contributed by atoms with Crippen molar-refractivity contribution >= 4 is 0 Å². The molecule has 1 fully saturated rings. The van der Waals surface area contributed by atoms with Crippen LogP contribution in [0.1, 0.15) is 36.1 Å². The summed E-state index contributed by atoms with van der Waals surface area (Å²) in [6, 6.07) is 6.53. The van der Waals surface area contributed by atoms with Crippen LogP contribution in [0, 0.1) is 11.3 Å². The van der Waals surface area contributed by atoms with Gasteiger partial charge in [-0.2, -0.15) is 18.4 Å². The van der Waals surface area contributed by atoms with E-state index in [4.69, 9.17) is 5.26 Å². The highest BCUT2D eigenvalue weighted by atomic mass is 19.4. The number of aromatic nitrogens is 2. The number of halogens is 4.